The zero-order chi connectivity index (χ0) is 17.7. The first-order chi connectivity index (χ1) is 12.3. The molecule has 0 bridgehead atoms. The van der Waals surface area contributed by atoms with Gasteiger partial charge in [0.1, 0.15) is 5.82 Å². The fourth-order valence-corrected chi connectivity index (χ4v) is 3.15. The normalized spacial score (nSPS) is 16.0. The summed E-state index contributed by atoms with van der Waals surface area (Å²) < 4.78 is 0. The van der Waals surface area contributed by atoms with Gasteiger partial charge in [-0.25, -0.2) is 4.98 Å². The summed E-state index contributed by atoms with van der Waals surface area (Å²) in [6.45, 7) is 7.76. The lowest BCUT2D eigenvalue weighted by Gasteiger charge is -2.32. The van der Waals surface area contributed by atoms with Crippen molar-refractivity contribution in [1.29, 1.82) is 0 Å². The number of hydrogen-bond donors (Lipinski definition) is 3. The highest BCUT2D eigenvalue weighted by molar-refractivity contribution is 14.0. The summed E-state index contributed by atoms with van der Waals surface area (Å²) in [6.07, 6.45) is 7.68. The number of anilines is 1. The van der Waals surface area contributed by atoms with Crippen LogP contribution < -0.4 is 16.0 Å². The molecule has 0 atom stereocenters. The molecule has 0 unspecified atom stereocenters. The van der Waals surface area contributed by atoms with E-state index in [0.717, 1.165) is 37.7 Å². The number of aliphatic imine (C=N–C) groups is 1. The minimum Gasteiger partial charge on any atom is -0.370 e. The average molecular weight is 474 g/mol. The van der Waals surface area contributed by atoms with E-state index in [4.69, 9.17) is 0 Å². The topological polar surface area (TPSA) is 64.6 Å². The lowest BCUT2D eigenvalue weighted by atomic mass is 10.1. The van der Waals surface area contributed by atoms with Crippen molar-refractivity contribution in [1.82, 2.24) is 20.5 Å². The van der Waals surface area contributed by atoms with Crippen LogP contribution in [0.3, 0.4) is 0 Å². The van der Waals surface area contributed by atoms with Gasteiger partial charge in [0.25, 0.3) is 0 Å². The Balaban J connectivity index is 0.00000338. The third-order valence-electron chi connectivity index (χ3n) is 4.56. The monoisotopic (exact) mass is 474 g/mol. The Bertz CT molecular complexity index is 488. The Hall–Kier alpha value is -1.09. The van der Waals surface area contributed by atoms with E-state index in [1.807, 2.05) is 31.4 Å². The van der Waals surface area contributed by atoms with Gasteiger partial charge in [0.05, 0.1) is 0 Å². The van der Waals surface area contributed by atoms with Gasteiger partial charge in [-0.1, -0.05) is 13.0 Å². The summed E-state index contributed by atoms with van der Waals surface area (Å²) in [5.74, 6) is 1.88. The standard InChI is InChI=1S/C19H34N6.HI/c1-3-14-25-15-9-17(10-16-25)24-19(20-2)23-13-7-6-12-22-18-8-4-5-11-21-18;/h4-5,8,11,17H,3,6-7,9-10,12-16H2,1-2H3,(H,21,22)(H2,20,23,24);1H. The van der Waals surface area contributed by atoms with Gasteiger partial charge in [-0.2, -0.15) is 0 Å². The summed E-state index contributed by atoms with van der Waals surface area (Å²) in [5.41, 5.74) is 0. The molecular formula is C19H35IN6. The van der Waals surface area contributed by atoms with Gasteiger partial charge in [-0.05, 0) is 50.8 Å². The molecule has 3 N–H and O–H groups in total. The van der Waals surface area contributed by atoms with E-state index in [1.165, 1.54) is 38.9 Å². The zero-order valence-corrected chi connectivity index (χ0v) is 18.5. The minimum absolute atomic E-state index is 0. The van der Waals surface area contributed by atoms with Crippen LogP contribution in [0, 0.1) is 0 Å². The fourth-order valence-electron chi connectivity index (χ4n) is 3.15. The first-order valence-corrected chi connectivity index (χ1v) is 9.66. The number of halogens is 1. The molecule has 1 aromatic heterocycles. The molecule has 0 saturated carbocycles. The number of nitrogens with zero attached hydrogens (tertiary/aromatic N) is 3. The van der Waals surface area contributed by atoms with E-state index < -0.39 is 0 Å². The smallest absolute Gasteiger partial charge is 0.191 e. The van der Waals surface area contributed by atoms with E-state index in [0.29, 0.717) is 6.04 Å². The molecular weight excluding hydrogens is 439 g/mol. The second-order valence-electron chi connectivity index (χ2n) is 6.61. The average Bonchev–Trinajstić information content (AvgIpc) is 2.66. The highest BCUT2D eigenvalue weighted by Gasteiger charge is 2.19. The largest absolute Gasteiger partial charge is 0.370 e. The van der Waals surface area contributed by atoms with Crippen LogP contribution in [0.4, 0.5) is 5.82 Å². The maximum absolute atomic E-state index is 4.36. The third kappa shape index (κ3) is 9.02. The molecule has 1 saturated heterocycles. The van der Waals surface area contributed by atoms with Crippen LogP contribution in [-0.4, -0.2) is 61.7 Å². The van der Waals surface area contributed by atoms with Crippen LogP contribution in [0.5, 0.6) is 0 Å². The summed E-state index contributed by atoms with van der Waals surface area (Å²) in [4.78, 5) is 11.2. The van der Waals surface area contributed by atoms with Crippen molar-refractivity contribution < 1.29 is 0 Å². The molecule has 1 aromatic rings. The number of unbranched alkanes of at least 4 members (excludes halogenated alkanes) is 1. The molecule has 0 aromatic carbocycles. The molecule has 0 aliphatic carbocycles. The van der Waals surface area contributed by atoms with Gasteiger partial charge in [-0.3, -0.25) is 4.99 Å². The lowest BCUT2D eigenvalue weighted by molar-refractivity contribution is 0.206. The molecule has 7 heteroatoms. The first kappa shape index (κ1) is 23.0. The predicted molar refractivity (Wildman–Crippen MR) is 122 cm³/mol. The quantitative estimate of drug-likeness (QED) is 0.222. The number of guanidine groups is 1. The number of piperidine rings is 1. The predicted octanol–water partition coefficient (Wildman–Crippen LogP) is 2.93. The zero-order valence-electron chi connectivity index (χ0n) is 16.2. The number of hydrogen-bond acceptors (Lipinski definition) is 4. The summed E-state index contributed by atoms with van der Waals surface area (Å²) in [5, 5.41) is 10.3. The summed E-state index contributed by atoms with van der Waals surface area (Å²) >= 11 is 0. The molecule has 0 radical (unpaired) electrons. The van der Waals surface area contributed by atoms with Gasteiger partial charge in [0, 0.05) is 45.5 Å². The van der Waals surface area contributed by atoms with Crippen LogP contribution in [-0.2, 0) is 0 Å². The second-order valence-corrected chi connectivity index (χ2v) is 6.61. The highest BCUT2D eigenvalue weighted by atomic mass is 127. The van der Waals surface area contributed by atoms with E-state index in [9.17, 15) is 0 Å². The molecule has 1 aliphatic heterocycles. The van der Waals surface area contributed by atoms with Crippen molar-refractivity contribution in [2.24, 2.45) is 4.99 Å². The summed E-state index contributed by atoms with van der Waals surface area (Å²) in [7, 11) is 1.85. The molecule has 1 aliphatic rings. The van der Waals surface area contributed by atoms with E-state index in [-0.39, 0.29) is 24.0 Å². The van der Waals surface area contributed by atoms with E-state index in [2.05, 4.69) is 37.8 Å². The van der Waals surface area contributed by atoms with Crippen LogP contribution in [0.1, 0.15) is 39.0 Å². The number of rotatable bonds is 9. The fraction of sp³-hybridized carbons (Fsp3) is 0.684. The highest BCUT2D eigenvalue weighted by Crippen LogP contribution is 2.10. The Labute approximate surface area is 175 Å². The van der Waals surface area contributed by atoms with Crippen molar-refractivity contribution in [3.63, 3.8) is 0 Å². The molecule has 2 rings (SSSR count). The van der Waals surface area contributed by atoms with Crippen molar-refractivity contribution in [2.45, 2.75) is 45.1 Å². The lowest BCUT2D eigenvalue weighted by Crippen LogP contribution is -2.48. The molecule has 0 spiro atoms. The van der Waals surface area contributed by atoms with Gasteiger partial charge in [0.15, 0.2) is 5.96 Å². The molecule has 2 heterocycles. The Morgan fingerprint density at radius 2 is 2.00 bits per heavy atom. The second kappa shape index (κ2) is 14.0. The number of likely N-dealkylation sites (tertiary alicyclic amines) is 1. The summed E-state index contributed by atoms with van der Waals surface area (Å²) in [6, 6.07) is 6.47. The van der Waals surface area contributed by atoms with Gasteiger partial charge >= 0.3 is 0 Å². The Kier molecular flexibility index (Phi) is 12.4. The van der Waals surface area contributed by atoms with Gasteiger partial charge in [0.2, 0.25) is 0 Å². The van der Waals surface area contributed by atoms with E-state index in [1.54, 1.807) is 0 Å². The number of pyridine rings is 1. The molecule has 6 nitrogen and oxygen atoms in total. The van der Waals surface area contributed by atoms with Gasteiger partial charge in [-0.15, -0.1) is 24.0 Å². The molecule has 1 fully saturated rings. The number of nitrogens with one attached hydrogen (secondary N) is 3. The van der Waals surface area contributed by atoms with Gasteiger partial charge < -0.3 is 20.9 Å². The molecule has 148 valence electrons. The van der Waals surface area contributed by atoms with E-state index >= 15 is 0 Å². The van der Waals surface area contributed by atoms with Crippen LogP contribution in [0.25, 0.3) is 0 Å². The first-order valence-electron chi connectivity index (χ1n) is 9.66. The maximum Gasteiger partial charge on any atom is 0.191 e. The van der Waals surface area contributed by atoms with Crippen LogP contribution in [0.15, 0.2) is 29.4 Å². The molecule has 0 amide bonds. The Morgan fingerprint density at radius 1 is 1.23 bits per heavy atom. The van der Waals surface area contributed by atoms with Crippen molar-refractivity contribution in [3.05, 3.63) is 24.4 Å². The van der Waals surface area contributed by atoms with Crippen molar-refractivity contribution in [2.75, 3.05) is 45.1 Å². The minimum atomic E-state index is 0. The van der Waals surface area contributed by atoms with Crippen LogP contribution >= 0.6 is 24.0 Å². The van der Waals surface area contributed by atoms with Crippen LogP contribution in [0.2, 0.25) is 0 Å². The van der Waals surface area contributed by atoms with Crippen molar-refractivity contribution in [3.8, 4) is 0 Å². The third-order valence-corrected chi connectivity index (χ3v) is 4.56. The van der Waals surface area contributed by atoms with Crippen molar-refractivity contribution >= 4 is 35.8 Å². The Morgan fingerprint density at radius 3 is 2.65 bits per heavy atom. The molecule has 26 heavy (non-hydrogen) atoms. The number of aromatic nitrogens is 1. The SMILES string of the molecule is CCCN1CCC(NC(=NC)NCCCCNc2ccccn2)CC1.I. The maximum atomic E-state index is 4.36.